The molecule has 20 heavy (non-hydrogen) atoms. The number of benzene rings is 1. The fraction of sp³-hybridized carbons (Fsp3) is 0.429. The van der Waals surface area contributed by atoms with E-state index in [1.54, 1.807) is 19.2 Å². The summed E-state index contributed by atoms with van der Waals surface area (Å²) in [5.41, 5.74) is 0.884. The third kappa shape index (κ3) is 5.39. The van der Waals surface area contributed by atoms with E-state index >= 15 is 0 Å². The minimum atomic E-state index is -0.152. The summed E-state index contributed by atoms with van der Waals surface area (Å²) in [5, 5.41) is 3.54. The van der Waals surface area contributed by atoms with Gasteiger partial charge in [-0.1, -0.05) is 36.2 Å². The lowest BCUT2D eigenvalue weighted by Gasteiger charge is -2.18. The molecular weight excluding hydrogens is 299 g/mol. The van der Waals surface area contributed by atoms with Crippen LogP contribution in [0.15, 0.2) is 18.2 Å². The first-order valence-electron chi connectivity index (χ1n) is 6.38. The van der Waals surface area contributed by atoms with Crippen LogP contribution >= 0.6 is 23.2 Å². The van der Waals surface area contributed by atoms with E-state index in [9.17, 15) is 9.59 Å². The molecule has 4 nitrogen and oxygen atoms in total. The number of nitrogens with zero attached hydrogens (tertiary/aromatic N) is 1. The molecule has 0 saturated carbocycles. The molecule has 0 aliphatic carbocycles. The van der Waals surface area contributed by atoms with Gasteiger partial charge in [-0.15, -0.1) is 0 Å². The minimum absolute atomic E-state index is 0.0106. The second kappa shape index (κ2) is 8.12. The Morgan fingerprint density at radius 3 is 2.55 bits per heavy atom. The van der Waals surface area contributed by atoms with Crippen molar-refractivity contribution in [1.82, 2.24) is 10.2 Å². The van der Waals surface area contributed by atoms with E-state index in [0.29, 0.717) is 23.0 Å². The predicted molar refractivity (Wildman–Crippen MR) is 80.9 cm³/mol. The second-order valence-corrected chi connectivity index (χ2v) is 5.34. The van der Waals surface area contributed by atoms with Crippen LogP contribution < -0.4 is 5.32 Å². The summed E-state index contributed by atoms with van der Waals surface area (Å²) in [6, 6.07) is 5.23. The number of hydrogen-bond donors (Lipinski definition) is 1. The van der Waals surface area contributed by atoms with Crippen molar-refractivity contribution in [3.63, 3.8) is 0 Å². The smallest absolute Gasteiger partial charge is 0.242 e. The Balaban J connectivity index is 2.48. The van der Waals surface area contributed by atoms with E-state index in [-0.39, 0.29) is 18.4 Å². The third-order valence-electron chi connectivity index (χ3n) is 2.74. The van der Waals surface area contributed by atoms with E-state index in [1.807, 2.05) is 13.0 Å². The highest BCUT2D eigenvalue weighted by Gasteiger charge is 2.11. The molecule has 1 rings (SSSR count). The first-order chi connectivity index (χ1) is 9.43. The van der Waals surface area contributed by atoms with Crippen molar-refractivity contribution in [3.8, 4) is 0 Å². The first kappa shape index (κ1) is 16.8. The molecule has 0 unspecified atom stereocenters. The second-order valence-electron chi connectivity index (χ2n) is 4.52. The van der Waals surface area contributed by atoms with Gasteiger partial charge in [-0.25, -0.2) is 0 Å². The largest absolute Gasteiger partial charge is 0.347 e. The van der Waals surface area contributed by atoms with Gasteiger partial charge in [-0.2, -0.15) is 0 Å². The summed E-state index contributed by atoms with van der Waals surface area (Å²) in [5.74, 6) is -0.260. The van der Waals surface area contributed by atoms with Gasteiger partial charge in [0.05, 0.1) is 16.6 Å². The number of amides is 2. The monoisotopic (exact) mass is 316 g/mol. The van der Waals surface area contributed by atoms with Gasteiger partial charge in [-0.05, 0) is 24.1 Å². The zero-order chi connectivity index (χ0) is 15.1. The molecule has 0 aliphatic heterocycles. The van der Waals surface area contributed by atoms with Crippen molar-refractivity contribution < 1.29 is 9.59 Å². The molecule has 0 fully saturated rings. The van der Waals surface area contributed by atoms with Gasteiger partial charge < -0.3 is 10.2 Å². The van der Waals surface area contributed by atoms with Gasteiger partial charge in [0, 0.05) is 20.0 Å². The van der Waals surface area contributed by atoms with Crippen LogP contribution in [0.1, 0.15) is 25.3 Å². The molecule has 0 aromatic heterocycles. The van der Waals surface area contributed by atoms with Crippen molar-refractivity contribution in [3.05, 3.63) is 33.8 Å². The first-order valence-corrected chi connectivity index (χ1v) is 7.14. The van der Waals surface area contributed by atoms with Crippen molar-refractivity contribution in [1.29, 1.82) is 0 Å². The maximum Gasteiger partial charge on any atom is 0.242 e. The van der Waals surface area contributed by atoms with Crippen LogP contribution in [0.5, 0.6) is 0 Å². The predicted octanol–water partition coefficient (Wildman–Crippen LogP) is 2.87. The van der Waals surface area contributed by atoms with Crippen LogP contribution in [0.3, 0.4) is 0 Å². The van der Waals surface area contributed by atoms with Crippen LogP contribution in [0.4, 0.5) is 0 Å². The molecule has 110 valence electrons. The molecule has 0 atom stereocenters. The average molecular weight is 317 g/mol. The Hall–Kier alpha value is -1.26. The Kier molecular flexibility index (Phi) is 6.82. The molecule has 1 N–H and O–H groups in total. The molecule has 1 aromatic rings. The normalized spacial score (nSPS) is 10.2. The van der Waals surface area contributed by atoms with Crippen LogP contribution in [-0.2, 0) is 16.1 Å². The lowest BCUT2D eigenvalue weighted by molar-refractivity contribution is -0.132. The van der Waals surface area contributed by atoms with Crippen molar-refractivity contribution in [2.75, 3.05) is 13.6 Å². The van der Waals surface area contributed by atoms with Crippen LogP contribution in [0.2, 0.25) is 10.0 Å². The van der Waals surface area contributed by atoms with Gasteiger partial charge >= 0.3 is 0 Å². The molecule has 0 aliphatic rings. The van der Waals surface area contributed by atoms with Crippen molar-refractivity contribution >= 4 is 35.0 Å². The van der Waals surface area contributed by atoms with Crippen LogP contribution in [0.25, 0.3) is 0 Å². The summed E-state index contributed by atoms with van der Waals surface area (Å²) < 4.78 is 0. The Morgan fingerprint density at radius 2 is 1.95 bits per heavy atom. The van der Waals surface area contributed by atoms with Gasteiger partial charge in [0.25, 0.3) is 0 Å². The third-order valence-corrected chi connectivity index (χ3v) is 3.48. The highest BCUT2D eigenvalue weighted by Crippen LogP contribution is 2.23. The van der Waals surface area contributed by atoms with Crippen LogP contribution in [-0.4, -0.2) is 30.3 Å². The van der Waals surface area contributed by atoms with E-state index in [4.69, 9.17) is 23.2 Å². The quantitative estimate of drug-likeness (QED) is 0.877. The summed E-state index contributed by atoms with van der Waals surface area (Å²) in [6.45, 7) is 2.34. The van der Waals surface area contributed by atoms with Crippen molar-refractivity contribution in [2.24, 2.45) is 0 Å². The van der Waals surface area contributed by atoms with E-state index in [2.05, 4.69) is 5.32 Å². The molecule has 0 saturated heterocycles. The maximum atomic E-state index is 11.9. The highest BCUT2D eigenvalue weighted by atomic mass is 35.5. The SMILES string of the molecule is CCCC(=O)NCC(=O)N(C)Cc1ccc(Cl)c(Cl)c1. The summed E-state index contributed by atoms with van der Waals surface area (Å²) >= 11 is 11.8. The zero-order valence-electron chi connectivity index (χ0n) is 11.6. The number of carbonyl (C=O) groups is 2. The van der Waals surface area contributed by atoms with Gasteiger partial charge in [0.2, 0.25) is 11.8 Å². The molecule has 1 aromatic carbocycles. The summed E-state index contributed by atoms with van der Waals surface area (Å²) in [4.78, 5) is 24.7. The average Bonchev–Trinajstić information content (AvgIpc) is 2.40. The fourth-order valence-corrected chi connectivity index (χ4v) is 1.95. The topological polar surface area (TPSA) is 49.4 Å². The Labute approximate surface area is 129 Å². The van der Waals surface area contributed by atoms with Gasteiger partial charge in [0.1, 0.15) is 0 Å². The van der Waals surface area contributed by atoms with E-state index in [1.165, 1.54) is 4.90 Å². The van der Waals surface area contributed by atoms with E-state index < -0.39 is 0 Å². The molecule has 0 radical (unpaired) electrons. The summed E-state index contributed by atoms with van der Waals surface area (Å²) in [7, 11) is 1.68. The number of nitrogens with one attached hydrogen (secondary N) is 1. The van der Waals surface area contributed by atoms with Crippen LogP contribution in [0, 0.1) is 0 Å². The highest BCUT2D eigenvalue weighted by molar-refractivity contribution is 6.42. The Morgan fingerprint density at radius 1 is 1.25 bits per heavy atom. The number of rotatable bonds is 6. The van der Waals surface area contributed by atoms with Gasteiger partial charge in [0.15, 0.2) is 0 Å². The number of likely N-dealkylation sites (N-methyl/N-ethyl adjacent to an activating group) is 1. The fourth-order valence-electron chi connectivity index (χ4n) is 1.62. The zero-order valence-corrected chi connectivity index (χ0v) is 13.1. The summed E-state index contributed by atoms with van der Waals surface area (Å²) in [6.07, 6.45) is 1.20. The Bertz CT molecular complexity index is 492. The molecule has 0 heterocycles. The minimum Gasteiger partial charge on any atom is -0.347 e. The standard InChI is InChI=1S/C14H18Cl2N2O2/c1-3-4-13(19)17-8-14(20)18(2)9-10-5-6-11(15)12(16)7-10/h5-7H,3-4,8-9H2,1-2H3,(H,17,19). The molecule has 0 bridgehead atoms. The molecule has 6 heteroatoms. The molecule has 0 spiro atoms. The van der Waals surface area contributed by atoms with Gasteiger partial charge in [-0.3, -0.25) is 9.59 Å². The molecular formula is C14H18Cl2N2O2. The molecule has 2 amide bonds. The lowest BCUT2D eigenvalue weighted by atomic mass is 10.2. The van der Waals surface area contributed by atoms with Crippen molar-refractivity contribution in [2.45, 2.75) is 26.3 Å². The maximum absolute atomic E-state index is 11.9. The van der Waals surface area contributed by atoms with E-state index in [0.717, 1.165) is 12.0 Å². The lowest BCUT2D eigenvalue weighted by Crippen LogP contribution is -2.37. The number of hydrogen-bond acceptors (Lipinski definition) is 2. The number of halogens is 2. The number of carbonyl (C=O) groups excluding carboxylic acids is 2.